The highest BCUT2D eigenvalue weighted by atomic mass is 35.5. The lowest BCUT2D eigenvalue weighted by Crippen LogP contribution is -2.54. The second-order valence-corrected chi connectivity index (χ2v) is 12.0. The van der Waals surface area contributed by atoms with Gasteiger partial charge in [0.25, 0.3) is 0 Å². The van der Waals surface area contributed by atoms with Crippen molar-refractivity contribution in [1.29, 1.82) is 0 Å². The molecule has 6 rings (SSSR count). The molecule has 10 nitrogen and oxygen atoms in total. The first kappa shape index (κ1) is 30.4. The number of carbonyl (C=O) groups is 4. The van der Waals surface area contributed by atoms with Gasteiger partial charge in [0.15, 0.2) is 5.60 Å². The third-order valence-corrected chi connectivity index (χ3v) is 8.80. The number of hydrogen-bond donors (Lipinski definition) is 3. The number of anilines is 3. The highest BCUT2D eigenvalue weighted by molar-refractivity contribution is 6.30. The number of fused-ring (bicyclic) bond motifs is 6. The molecule has 234 valence electrons. The molecule has 3 aromatic rings. The summed E-state index contributed by atoms with van der Waals surface area (Å²) in [7, 11) is 1.24. The molecule has 1 fully saturated rings. The van der Waals surface area contributed by atoms with Gasteiger partial charge in [0.2, 0.25) is 11.8 Å². The summed E-state index contributed by atoms with van der Waals surface area (Å²) in [4.78, 5) is 53.3. The molecule has 3 aliphatic rings. The van der Waals surface area contributed by atoms with Gasteiger partial charge in [-0.1, -0.05) is 30.2 Å². The van der Waals surface area contributed by atoms with Crippen molar-refractivity contribution in [2.75, 3.05) is 36.1 Å². The average molecular weight is 635 g/mol. The number of amides is 4. The van der Waals surface area contributed by atoms with Crippen LogP contribution in [0.4, 0.5) is 31.0 Å². The van der Waals surface area contributed by atoms with Crippen molar-refractivity contribution in [2.45, 2.75) is 50.0 Å². The van der Waals surface area contributed by atoms with Crippen LogP contribution in [0, 0.1) is 5.82 Å². The van der Waals surface area contributed by atoms with E-state index in [9.17, 15) is 19.2 Å². The fourth-order valence-electron chi connectivity index (χ4n) is 6.50. The molecule has 0 saturated carbocycles. The number of carbonyl (C=O) groups excluding carboxylic acids is 4. The van der Waals surface area contributed by atoms with Crippen LogP contribution >= 0.6 is 11.6 Å². The normalized spacial score (nSPS) is 21.1. The maximum Gasteiger partial charge on any atom is 0.412 e. The van der Waals surface area contributed by atoms with E-state index in [4.69, 9.17) is 16.3 Å². The number of hydrogen-bond acceptors (Lipinski definition) is 6. The molecule has 45 heavy (non-hydrogen) atoms. The Balaban J connectivity index is 1.36. The number of methoxy groups -OCH3 is 1. The van der Waals surface area contributed by atoms with Crippen LogP contribution in [-0.2, 0) is 24.7 Å². The van der Waals surface area contributed by atoms with Crippen molar-refractivity contribution >= 4 is 52.7 Å². The van der Waals surface area contributed by atoms with E-state index < -0.39 is 29.5 Å². The lowest BCUT2D eigenvalue weighted by atomic mass is 9.82. The van der Waals surface area contributed by atoms with E-state index in [0.29, 0.717) is 83.0 Å². The van der Waals surface area contributed by atoms with Crippen LogP contribution in [0.2, 0.25) is 5.02 Å². The SMILES string of the molecule is COC(=O)Nc1ccc2c(c1)NC(=O)CCCC[C@H](C(=O)N1CCC[C@@]3(C1)OC(=O)Nc1ccc(Cl)cc13)c1cc(F)cc-2c1. The summed E-state index contributed by atoms with van der Waals surface area (Å²) in [6.45, 7) is 0.577. The van der Waals surface area contributed by atoms with Crippen molar-refractivity contribution < 1.29 is 33.0 Å². The van der Waals surface area contributed by atoms with Crippen LogP contribution in [0.15, 0.2) is 54.6 Å². The molecular formula is C33H32ClFN4O6. The molecule has 0 radical (unpaired) electrons. The largest absolute Gasteiger partial charge is 0.453 e. The van der Waals surface area contributed by atoms with Crippen molar-refractivity contribution in [1.82, 2.24) is 4.90 Å². The maximum absolute atomic E-state index is 15.3. The van der Waals surface area contributed by atoms with Crippen LogP contribution < -0.4 is 16.0 Å². The highest BCUT2D eigenvalue weighted by Crippen LogP contribution is 2.44. The smallest absolute Gasteiger partial charge is 0.412 e. The van der Waals surface area contributed by atoms with Crippen molar-refractivity contribution in [3.8, 4) is 11.1 Å². The summed E-state index contributed by atoms with van der Waals surface area (Å²) < 4.78 is 25.9. The Kier molecular flexibility index (Phi) is 8.37. The van der Waals surface area contributed by atoms with Gasteiger partial charge in [0.1, 0.15) is 5.82 Å². The number of benzene rings is 3. The first-order valence-corrected chi connectivity index (χ1v) is 15.2. The molecule has 12 heteroatoms. The van der Waals surface area contributed by atoms with Crippen molar-refractivity contribution in [3.05, 3.63) is 76.6 Å². The summed E-state index contributed by atoms with van der Waals surface area (Å²) in [5.41, 5.74) is 2.51. The number of rotatable bonds is 2. The van der Waals surface area contributed by atoms with E-state index in [2.05, 4.69) is 20.7 Å². The average Bonchev–Trinajstić information content (AvgIpc) is 3.00. The Bertz CT molecular complexity index is 1700. The van der Waals surface area contributed by atoms with Crippen molar-refractivity contribution in [2.24, 2.45) is 0 Å². The first-order chi connectivity index (χ1) is 21.6. The van der Waals surface area contributed by atoms with Crippen LogP contribution in [0.5, 0.6) is 0 Å². The van der Waals surface area contributed by atoms with Gasteiger partial charge in [0, 0.05) is 34.8 Å². The lowest BCUT2D eigenvalue weighted by molar-refractivity contribution is -0.141. The standard InChI is InChI=1S/C33H32ClFN4O6/c1-44-31(42)36-23-8-9-24-19-13-20(15-22(35)14-19)25(5-2-3-6-29(40)37-28(24)17-23)30(41)39-12-4-11-33(18-39)26-16-21(34)7-10-27(26)38-32(43)45-33/h7-10,13-17,25H,2-6,11-12,18H2,1H3,(H,36,42)(H,37,40)(H,38,43)/t25-,33-/m0/s1. The fourth-order valence-corrected chi connectivity index (χ4v) is 6.67. The molecule has 0 aliphatic carbocycles. The zero-order valence-electron chi connectivity index (χ0n) is 24.6. The molecule has 3 aromatic carbocycles. The first-order valence-electron chi connectivity index (χ1n) is 14.8. The van der Waals surface area contributed by atoms with Gasteiger partial charge in [-0.05, 0) is 79.3 Å². The monoisotopic (exact) mass is 634 g/mol. The van der Waals surface area contributed by atoms with Crippen LogP contribution in [0.3, 0.4) is 0 Å². The zero-order chi connectivity index (χ0) is 31.7. The number of nitrogens with zero attached hydrogens (tertiary/aromatic N) is 1. The topological polar surface area (TPSA) is 126 Å². The van der Waals surface area contributed by atoms with Gasteiger partial charge in [-0.15, -0.1) is 0 Å². The number of halogens is 2. The highest BCUT2D eigenvalue weighted by Gasteiger charge is 2.47. The Morgan fingerprint density at radius 3 is 2.71 bits per heavy atom. The van der Waals surface area contributed by atoms with E-state index in [1.807, 2.05) is 0 Å². The molecule has 3 heterocycles. The molecule has 3 N–H and O–H groups in total. The predicted octanol–water partition coefficient (Wildman–Crippen LogP) is 7.00. The molecule has 0 aromatic heterocycles. The van der Waals surface area contributed by atoms with Gasteiger partial charge in [0.05, 0.1) is 30.9 Å². The second kappa shape index (κ2) is 12.4. The number of nitrogens with one attached hydrogen (secondary N) is 3. The van der Waals surface area contributed by atoms with E-state index in [1.165, 1.54) is 19.2 Å². The lowest BCUT2D eigenvalue weighted by Gasteiger charge is -2.45. The van der Waals surface area contributed by atoms with E-state index in [0.717, 1.165) is 0 Å². The van der Waals surface area contributed by atoms with Gasteiger partial charge in [-0.2, -0.15) is 0 Å². The predicted molar refractivity (Wildman–Crippen MR) is 167 cm³/mol. The second-order valence-electron chi connectivity index (χ2n) is 11.6. The minimum Gasteiger partial charge on any atom is -0.453 e. The Morgan fingerprint density at radius 2 is 1.89 bits per heavy atom. The number of piperidine rings is 1. The van der Waals surface area contributed by atoms with Crippen molar-refractivity contribution in [3.63, 3.8) is 0 Å². The Labute approximate surface area is 264 Å². The summed E-state index contributed by atoms with van der Waals surface area (Å²) in [5, 5.41) is 8.67. The van der Waals surface area contributed by atoms with Crippen LogP contribution in [0.1, 0.15) is 55.6 Å². The molecular weight excluding hydrogens is 603 g/mol. The zero-order valence-corrected chi connectivity index (χ0v) is 25.3. The molecule has 4 amide bonds. The van der Waals surface area contributed by atoms with Crippen LogP contribution in [0.25, 0.3) is 11.1 Å². The van der Waals surface area contributed by atoms with Gasteiger partial charge < -0.3 is 19.7 Å². The molecule has 1 saturated heterocycles. The Hall–Kier alpha value is -4.64. The minimum atomic E-state index is -1.07. The van der Waals surface area contributed by atoms with E-state index in [1.54, 1.807) is 47.4 Å². The summed E-state index contributed by atoms with van der Waals surface area (Å²) in [5.74, 6) is -1.67. The maximum atomic E-state index is 15.3. The van der Waals surface area contributed by atoms with Gasteiger partial charge in [-0.3, -0.25) is 20.2 Å². The Morgan fingerprint density at radius 1 is 1.04 bits per heavy atom. The van der Waals surface area contributed by atoms with Crippen LogP contribution in [-0.4, -0.2) is 49.1 Å². The molecule has 0 unspecified atom stereocenters. The van der Waals surface area contributed by atoms with Gasteiger partial charge >= 0.3 is 12.2 Å². The third-order valence-electron chi connectivity index (χ3n) is 8.57. The third kappa shape index (κ3) is 6.30. The minimum absolute atomic E-state index is 0.131. The quantitative estimate of drug-likeness (QED) is 0.279. The number of likely N-dealkylation sites (tertiary alicyclic amines) is 1. The van der Waals surface area contributed by atoms with E-state index in [-0.39, 0.29) is 24.8 Å². The van der Waals surface area contributed by atoms with E-state index >= 15 is 4.39 Å². The van der Waals surface area contributed by atoms with Gasteiger partial charge in [-0.25, -0.2) is 14.0 Å². The summed E-state index contributed by atoms with van der Waals surface area (Å²) in [6.07, 6.45) is 1.50. The number of ether oxygens (including phenoxy) is 2. The summed E-state index contributed by atoms with van der Waals surface area (Å²) >= 11 is 6.32. The fraction of sp³-hybridized carbons (Fsp3) is 0.333. The molecule has 2 bridgehead atoms. The molecule has 1 spiro atoms. The molecule has 3 aliphatic heterocycles. The summed E-state index contributed by atoms with van der Waals surface area (Å²) in [6, 6.07) is 14.5. The molecule has 2 atom stereocenters.